The van der Waals surface area contributed by atoms with Crippen LogP contribution in [0, 0.1) is 0 Å². The minimum Gasteiger partial charge on any atom is -0.485 e. The molecule has 2 fully saturated rings. The summed E-state index contributed by atoms with van der Waals surface area (Å²) in [5.74, 6) is 0.165. The lowest BCUT2D eigenvalue weighted by atomic mass is 10.0. The predicted molar refractivity (Wildman–Crippen MR) is 121 cm³/mol. The molecule has 11 heteroatoms. The number of carbonyl (C=O) groups is 4. The quantitative estimate of drug-likeness (QED) is 0.650. The minimum atomic E-state index is -1.17. The molecule has 0 bridgehead atoms. The molecular formula is C23H24N4O6S. The van der Waals surface area contributed by atoms with Crippen LogP contribution >= 0.6 is 11.3 Å². The van der Waals surface area contributed by atoms with Gasteiger partial charge in [0.05, 0.1) is 0 Å². The van der Waals surface area contributed by atoms with E-state index in [1.807, 2.05) is 23.6 Å². The normalized spacial score (nSPS) is 24.3. The first kappa shape index (κ1) is 22.2. The highest BCUT2D eigenvalue weighted by atomic mass is 32.1. The number of imide groups is 1. The molecule has 5 rings (SSSR count). The number of hydrogen-bond acceptors (Lipinski definition) is 7. The molecular weight excluding hydrogens is 460 g/mol. The van der Waals surface area contributed by atoms with Crippen LogP contribution in [0.3, 0.4) is 0 Å². The van der Waals surface area contributed by atoms with E-state index in [9.17, 15) is 19.2 Å². The van der Waals surface area contributed by atoms with Crippen LogP contribution in [0.25, 0.3) is 0 Å². The van der Waals surface area contributed by atoms with E-state index in [-0.39, 0.29) is 25.0 Å². The fourth-order valence-corrected chi connectivity index (χ4v) is 5.16. The molecule has 2 atom stereocenters. The molecule has 0 radical (unpaired) electrons. The molecule has 34 heavy (non-hydrogen) atoms. The number of ether oxygens (including phenoxy) is 2. The van der Waals surface area contributed by atoms with Gasteiger partial charge in [-0.1, -0.05) is 18.2 Å². The molecule has 178 valence electrons. The molecule has 1 N–H and O–H groups in total. The third-order valence-electron chi connectivity index (χ3n) is 6.31. The van der Waals surface area contributed by atoms with Crippen LogP contribution in [0.5, 0.6) is 11.5 Å². The van der Waals surface area contributed by atoms with Crippen molar-refractivity contribution in [1.82, 2.24) is 20.0 Å². The zero-order chi connectivity index (χ0) is 23.9. The molecule has 5 amide bonds. The van der Waals surface area contributed by atoms with E-state index in [1.54, 1.807) is 34.9 Å². The van der Waals surface area contributed by atoms with Gasteiger partial charge in [-0.2, -0.15) is 0 Å². The number of carbonyl (C=O) groups excluding carboxylic acids is 4. The van der Waals surface area contributed by atoms with E-state index in [2.05, 4.69) is 5.32 Å². The van der Waals surface area contributed by atoms with Crippen molar-refractivity contribution in [2.24, 2.45) is 0 Å². The number of nitrogens with one attached hydrogen (secondary N) is 1. The van der Waals surface area contributed by atoms with Gasteiger partial charge in [0.15, 0.2) is 17.0 Å². The van der Waals surface area contributed by atoms with Crippen molar-refractivity contribution in [1.29, 1.82) is 0 Å². The molecule has 0 aliphatic carbocycles. The standard InChI is InChI=1S/C23H24N4O6S/c1-23(18-7-4-12-34-18)21(30)27(22(31)24-23)13-19(28)25-8-10-26(11-9-25)20(29)17-14-32-15-5-2-3-6-16(15)33-17/h2-7,12,17H,8-11,13-14H2,1H3,(H,24,31). The van der Waals surface area contributed by atoms with Crippen LogP contribution in [0.2, 0.25) is 0 Å². The SMILES string of the molecule is CC1(c2cccs2)NC(=O)N(CC(=O)N2CCN(C(=O)C3COc4ccccc4O3)CC2)C1=O. The second kappa shape index (κ2) is 8.64. The number of nitrogens with zero attached hydrogens (tertiary/aromatic N) is 3. The average Bonchev–Trinajstić information content (AvgIpc) is 3.48. The number of piperazine rings is 1. The predicted octanol–water partition coefficient (Wildman–Crippen LogP) is 1.03. The molecule has 0 spiro atoms. The summed E-state index contributed by atoms with van der Waals surface area (Å²) in [5, 5.41) is 4.54. The summed E-state index contributed by atoms with van der Waals surface area (Å²) in [7, 11) is 0. The van der Waals surface area contributed by atoms with Gasteiger partial charge in [0.25, 0.3) is 11.8 Å². The lowest BCUT2D eigenvalue weighted by molar-refractivity contribution is -0.147. The Labute approximate surface area is 200 Å². The molecule has 4 heterocycles. The largest absolute Gasteiger partial charge is 0.485 e. The van der Waals surface area contributed by atoms with Gasteiger partial charge in [-0.3, -0.25) is 19.3 Å². The topological polar surface area (TPSA) is 108 Å². The number of hydrogen-bond donors (Lipinski definition) is 1. The molecule has 2 saturated heterocycles. The van der Waals surface area contributed by atoms with E-state index in [4.69, 9.17) is 9.47 Å². The Hall–Kier alpha value is -3.60. The third-order valence-corrected chi connectivity index (χ3v) is 7.40. The van der Waals surface area contributed by atoms with Crippen LogP contribution in [0.15, 0.2) is 41.8 Å². The minimum absolute atomic E-state index is 0.129. The Morgan fingerprint density at radius 2 is 1.76 bits per heavy atom. The lowest BCUT2D eigenvalue weighted by Gasteiger charge is -2.37. The van der Waals surface area contributed by atoms with Gasteiger partial charge in [-0.25, -0.2) is 4.79 Å². The first-order chi connectivity index (χ1) is 16.4. The number of para-hydroxylation sites is 2. The highest BCUT2D eigenvalue weighted by Crippen LogP contribution is 2.32. The Bertz CT molecular complexity index is 1130. The van der Waals surface area contributed by atoms with Crippen molar-refractivity contribution in [3.8, 4) is 11.5 Å². The number of urea groups is 1. The molecule has 3 aliphatic rings. The molecule has 1 aromatic heterocycles. The van der Waals surface area contributed by atoms with Crippen LogP contribution < -0.4 is 14.8 Å². The summed E-state index contributed by atoms with van der Waals surface area (Å²) in [6, 6.07) is 10.2. The molecule has 2 aromatic rings. The van der Waals surface area contributed by atoms with Crippen molar-refractivity contribution in [3.05, 3.63) is 46.7 Å². The number of fused-ring (bicyclic) bond motifs is 1. The van der Waals surface area contributed by atoms with Crippen molar-refractivity contribution in [3.63, 3.8) is 0 Å². The van der Waals surface area contributed by atoms with Gasteiger partial charge in [-0.15, -0.1) is 11.3 Å². The lowest BCUT2D eigenvalue weighted by Crippen LogP contribution is -2.56. The zero-order valence-electron chi connectivity index (χ0n) is 18.6. The van der Waals surface area contributed by atoms with Gasteiger partial charge in [-0.05, 0) is 30.5 Å². The number of thiophene rings is 1. The molecule has 0 saturated carbocycles. The Morgan fingerprint density at radius 3 is 2.47 bits per heavy atom. The fourth-order valence-electron chi connectivity index (χ4n) is 4.33. The summed E-state index contributed by atoms with van der Waals surface area (Å²) in [6.45, 7) is 2.71. The van der Waals surface area contributed by atoms with Crippen LogP contribution in [-0.2, 0) is 19.9 Å². The smallest absolute Gasteiger partial charge is 0.325 e. The van der Waals surface area contributed by atoms with E-state index in [0.717, 1.165) is 4.90 Å². The summed E-state index contributed by atoms with van der Waals surface area (Å²) in [4.78, 5) is 56.1. The molecule has 10 nitrogen and oxygen atoms in total. The second-order valence-corrected chi connectivity index (χ2v) is 9.44. The summed E-state index contributed by atoms with van der Waals surface area (Å²) in [6.07, 6.45) is -0.738. The summed E-state index contributed by atoms with van der Waals surface area (Å²) >= 11 is 1.37. The van der Waals surface area contributed by atoms with E-state index in [0.29, 0.717) is 42.6 Å². The second-order valence-electron chi connectivity index (χ2n) is 8.49. The van der Waals surface area contributed by atoms with Crippen LogP contribution in [0.4, 0.5) is 4.79 Å². The van der Waals surface area contributed by atoms with Crippen molar-refractivity contribution >= 4 is 35.1 Å². The molecule has 1 aromatic carbocycles. The van der Waals surface area contributed by atoms with Crippen molar-refractivity contribution in [2.75, 3.05) is 39.3 Å². The maximum Gasteiger partial charge on any atom is 0.325 e. The van der Waals surface area contributed by atoms with Crippen molar-refractivity contribution < 1.29 is 28.7 Å². The number of benzene rings is 1. The van der Waals surface area contributed by atoms with Gasteiger partial charge in [0.1, 0.15) is 13.2 Å². The Morgan fingerprint density at radius 1 is 1.06 bits per heavy atom. The maximum absolute atomic E-state index is 13.0. The first-order valence-electron chi connectivity index (χ1n) is 11.0. The van der Waals surface area contributed by atoms with Gasteiger partial charge < -0.3 is 24.6 Å². The Kier molecular flexibility index (Phi) is 5.64. The van der Waals surface area contributed by atoms with E-state index in [1.165, 1.54) is 11.3 Å². The van der Waals surface area contributed by atoms with Gasteiger partial charge in [0, 0.05) is 31.1 Å². The highest BCUT2D eigenvalue weighted by molar-refractivity contribution is 7.10. The van der Waals surface area contributed by atoms with Crippen LogP contribution in [0.1, 0.15) is 11.8 Å². The molecule has 3 aliphatic heterocycles. The number of amides is 5. The summed E-state index contributed by atoms with van der Waals surface area (Å²) in [5.41, 5.74) is -1.17. The van der Waals surface area contributed by atoms with Gasteiger partial charge >= 0.3 is 6.03 Å². The van der Waals surface area contributed by atoms with Gasteiger partial charge in [0.2, 0.25) is 12.0 Å². The molecule has 2 unspecified atom stereocenters. The maximum atomic E-state index is 13.0. The monoisotopic (exact) mass is 484 g/mol. The highest BCUT2D eigenvalue weighted by Gasteiger charge is 2.50. The number of rotatable bonds is 4. The van der Waals surface area contributed by atoms with E-state index >= 15 is 0 Å². The third kappa shape index (κ3) is 3.85. The van der Waals surface area contributed by atoms with Crippen molar-refractivity contribution in [2.45, 2.75) is 18.6 Å². The summed E-state index contributed by atoms with van der Waals surface area (Å²) < 4.78 is 11.4. The fraction of sp³-hybridized carbons (Fsp3) is 0.391. The Balaban J connectivity index is 1.16. The van der Waals surface area contributed by atoms with E-state index < -0.39 is 23.6 Å². The van der Waals surface area contributed by atoms with Crippen LogP contribution in [-0.4, -0.2) is 83.9 Å². The average molecular weight is 485 g/mol. The first-order valence-corrected chi connectivity index (χ1v) is 11.9. The zero-order valence-corrected chi connectivity index (χ0v) is 19.4.